The average molecular weight is 260 g/mol. The lowest BCUT2D eigenvalue weighted by atomic mass is 10.1. The maximum Gasteiger partial charge on any atom is 0.0672 e. The van der Waals surface area contributed by atoms with E-state index >= 15 is 0 Å². The van der Waals surface area contributed by atoms with Crippen LogP contribution in [0.25, 0.3) is 0 Å². The number of thiophene rings is 1. The van der Waals surface area contributed by atoms with Gasteiger partial charge in [-0.2, -0.15) is 11.3 Å². The Morgan fingerprint density at radius 2 is 2.06 bits per heavy atom. The number of hydrogen-bond donors (Lipinski definition) is 1. The van der Waals surface area contributed by atoms with E-state index in [2.05, 4.69) is 59.8 Å². The minimum atomic E-state index is 0.266. The van der Waals surface area contributed by atoms with Crippen LogP contribution in [0.4, 0.5) is 5.69 Å². The van der Waals surface area contributed by atoms with Crippen LogP contribution in [0.1, 0.15) is 24.1 Å². The number of hydrogen-bond acceptors (Lipinski definition) is 3. The predicted molar refractivity (Wildman–Crippen MR) is 80.3 cm³/mol. The fraction of sp³-hybridized carbons (Fsp3) is 0.333. The highest BCUT2D eigenvalue weighted by Crippen LogP contribution is 2.29. The molecule has 96 valence electrons. The Morgan fingerprint density at radius 1 is 1.28 bits per heavy atom. The quantitative estimate of drug-likeness (QED) is 0.890. The molecule has 0 fully saturated rings. The van der Waals surface area contributed by atoms with Crippen LogP contribution in [0.2, 0.25) is 0 Å². The lowest BCUT2D eigenvalue weighted by Gasteiger charge is -2.33. The van der Waals surface area contributed by atoms with Gasteiger partial charge in [0.25, 0.3) is 0 Å². The molecule has 2 aromatic rings. The summed E-state index contributed by atoms with van der Waals surface area (Å²) in [6.45, 7) is 5.93. The highest BCUT2D eigenvalue weighted by molar-refractivity contribution is 7.08. The van der Waals surface area contributed by atoms with E-state index in [0.29, 0.717) is 6.54 Å². The molecule has 1 unspecified atom stereocenters. The van der Waals surface area contributed by atoms with Crippen LogP contribution < -0.4 is 10.6 Å². The SMILES string of the molecule is CCN(c1ccccc1C)C(CN)c1ccsc1. The van der Waals surface area contributed by atoms with Crippen LogP contribution in [0.15, 0.2) is 41.1 Å². The molecule has 1 atom stereocenters. The third-order valence-electron chi connectivity index (χ3n) is 3.29. The van der Waals surface area contributed by atoms with Crippen molar-refractivity contribution in [3.05, 3.63) is 52.2 Å². The molecule has 2 N–H and O–H groups in total. The van der Waals surface area contributed by atoms with Crippen LogP contribution in [-0.2, 0) is 0 Å². The molecule has 0 aliphatic rings. The van der Waals surface area contributed by atoms with Gasteiger partial charge in [-0.3, -0.25) is 0 Å². The maximum absolute atomic E-state index is 5.99. The number of nitrogens with two attached hydrogens (primary N) is 1. The van der Waals surface area contributed by atoms with E-state index in [1.807, 2.05) is 0 Å². The number of likely N-dealkylation sites (N-methyl/N-ethyl adjacent to an activating group) is 1. The van der Waals surface area contributed by atoms with Gasteiger partial charge in [-0.25, -0.2) is 0 Å². The molecule has 0 aliphatic carbocycles. The minimum absolute atomic E-state index is 0.266. The fourth-order valence-corrected chi connectivity index (χ4v) is 3.06. The Hall–Kier alpha value is -1.32. The summed E-state index contributed by atoms with van der Waals surface area (Å²) >= 11 is 1.73. The number of nitrogens with zero attached hydrogens (tertiary/aromatic N) is 1. The molecule has 0 spiro atoms. The molecule has 0 saturated carbocycles. The minimum Gasteiger partial charge on any atom is -0.363 e. The second-order valence-electron chi connectivity index (χ2n) is 4.38. The Balaban J connectivity index is 2.35. The lowest BCUT2D eigenvalue weighted by molar-refractivity contribution is 0.644. The first-order chi connectivity index (χ1) is 8.77. The summed E-state index contributed by atoms with van der Waals surface area (Å²) in [7, 11) is 0. The lowest BCUT2D eigenvalue weighted by Crippen LogP contribution is -2.33. The summed E-state index contributed by atoms with van der Waals surface area (Å²) in [5, 5.41) is 4.31. The average Bonchev–Trinajstić information content (AvgIpc) is 2.90. The summed E-state index contributed by atoms with van der Waals surface area (Å²) in [5.41, 5.74) is 9.88. The number of anilines is 1. The third kappa shape index (κ3) is 2.57. The van der Waals surface area contributed by atoms with Crippen molar-refractivity contribution in [1.29, 1.82) is 0 Å². The number of aryl methyl sites for hydroxylation is 1. The van der Waals surface area contributed by atoms with Crippen molar-refractivity contribution in [2.24, 2.45) is 5.73 Å². The van der Waals surface area contributed by atoms with Crippen LogP contribution in [0.5, 0.6) is 0 Å². The molecule has 1 aromatic carbocycles. The smallest absolute Gasteiger partial charge is 0.0672 e. The van der Waals surface area contributed by atoms with Gasteiger partial charge in [0.1, 0.15) is 0 Å². The molecule has 18 heavy (non-hydrogen) atoms. The first-order valence-electron chi connectivity index (χ1n) is 6.32. The Morgan fingerprint density at radius 3 is 2.61 bits per heavy atom. The van der Waals surface area contributed by atoms with E-state index in [1.165, 1.54) is 16.8 Å². The van der Waals surface area contributed by atoms with Gasteiger partial charge in [-0.05, 0) is 47.9 Å². The molecule has 0 aliphatic heterocycles. The largest absolute Gasteiger partial charge is 0.363 e. The first-order valence-corrected chi connectivity index (χ1v) is 7.26. The van der Waals surface area contributed by atoms with E-state index < -0.39 is 0 Å². The van der Waals surface area contributed by atoms with Crippen molar-refractivity contribution in [3.63, 3.8) is 0 Å². The standard InChI is InChI=1S/C15H20N2S/c1-3-17(14-7-5-4-6-12(14)2)15(10-16)13-8-9-18-11-13/h4-9,11,15H,3,10,16H2,1-2H3. The van der Waals surface area contributed by atoms with E-state index in [0.717, 1.165) is 6.54 Å². The summed E-state index contributed by atoms with van der Waals surface area (Å²) in [6, 6.07) is 10.9. The monoisotopic (exact) mass is 260 g/mol. The van der Waals surface area contributed by atoms with Gasteiger partial charge in [0.15, 0.2) is 0 Å². The number of rotatable bonds is 5. The van der Waals surface area contributed by atoms with Gasteiger partial charge >= 0.3 is 0 Å². The Bertz CT molecular complexity index is 479. The highest BCUT2D eigenvalue weighted by Gasteiger charge is 2.19. The van der Waals surface area contributed by atoms with Crippen molar-refractivity contribution in [2.45, 2.75) is 19.9 Å². The Kier molecular flexibility index (Phi) is 4.39. The van der Waals surface area contributed by atoms with Gasteiger partial charge in [0.05, 0.1) is 6.04 Å². The van der Waals surface area contributed by atoms with Gasteiger partial charge < -0.3 is 10.6 Å². The van der Waals surface area contributed by atoms with Gasteiger partial charge in [0.2, 0.25) is 0 Å². The van der Waals surface area contributed by atoms with Crippen molar-refractivity contribution in [3.8, 4) is 0 Å². The third-order valence-corrected chi connectivity index (χ3v) is 3.99. The summed E-state index contributed by atoms with van der Waals surface area (Å²) in [6.07, 6.45) is 0. The molecule has 0 radical (unpaired) electrons. The molecule has 0 amide bonds. The summed E-state index contributed by atoms with van der Waals surface area (Å²) in [4.78, 5) is 2.39. The molecule has 0 bridgehead atoms. The van der Waals surface area contributed by atoms with E-state index in [9.17, 15) is 0 Å². The van der Waals surface area contributed by atoms with E-state index in [1.54, 1.807) is 11.3 Å². The second-order valence-corrected chi connectivity index (χ2v) is 5.16. The van der Waals surface area contributed by atoms with Crippen molar-refractivity contribution >= 4 is 17.0 Å². The van der Waals surface area contributed by atoms with E-state index in [-0.39, 0.29) is 6.04 Å². The molecule has 1 aromatic heterocycles. The maximum atomic E-state index is 5.99. The van der Waals surface area contributed by atoms with Gasteiger partial charge in [0, 0.05) is 18.8 Å². The van der Waals surface area contributed by atoms with Crippen molar-refractivity contribution < 1.29 is 0 Å². The number of para-hydroxylation sites is 1. The first kappa shape index (κ1) is 13.1. The van der Waals surface area contributed by atoms with E-state index in [4.69, 9.17) is 5.73 Å². The van der Waals surface area contributed by atoms with Crippen molar-refractivity contribution in [2.75, 3.05) is 18.0 Å². The van der Waals surface area contributed by atoms with Gasteiger partial charge in [-0.1, -0.05) is 18.2 Å². The topological polar surface area (TPSA) is 29.3 Å². The number of benzene rings is 1. The second kappa shape index (κ2) is 6.03. The predicted octanol–water partition coefficient (Wildman–Crippen LogP) is 3.58. The van der Waals surface area contributed by atoms with Crippen molar-refractivity contribution in [1.82, 2.24) is 0 Å². The molecule has 2 nitrogen and oxygen atoms in total. The van der Waals surface area contributed by atoms with Crippen LogP contribution in [0, 0.1) is 6.92 Å². The summed E-state index contributed by atoms with van der Waals surface area (Å²) in [5.74, 6) is 0. The summed E-state index contributed by atoms with van der Waals surface area (Å²) < 4.78 is 0. The Labute approximate surface area is 113 Å². The van der Waals surface area contributed by atoms with Crippen LogP contribution in [0.3, 0.4) is 0 Å². The normalized spacial score (nSPS) is 12.4. The zero-order valence-corrected chi connectivity index (χ0v) is 11.8. The fourth-order valence-electron chi connectivity index (χ4n) is 2.35. The molecule has 2 rings (SSSR count). The molecule has 1 heterocycles. The highest BCUT2D eigenvalue weighted by atomic mass is 32.1. The molecular formula is C15H20N2S. The zero-order valence-electron chi connectivity index (χ0n) is 11.0. The zero-order chi connectivity index (χ0) is 13.0. The molecular weight excluding hydrogens is 240 g/mol. The van der Waals surface area contributed by atoms with Gasteiger partial charge in [-0.15, -0.1) is 0 Å². The molecule has 0 saturated heterocycles. The molecule has 3 heteroatoms. The van der Waals surface area contributed by atoms with Crippen LogP contribution in [-0.4, -0.2) is 13.1 Å². The van der Waals surface area contributed by atoms with Crippen LogP contribution >= 0.6 is 11.3 Å².